The van der Waals surface area contributed by atoms with Crippen LogP contribution in [-0.4, -0.2) is 9.97 Å². The Bertz CT molecular complexity index is 431. The molecule has 0 bridgehead atoms. The molecule has 4 heteroatoms. The molecule has 0 saturated carbocycles. The molecule has 1 aromatic heterocycles. The van der Waals surface area contributed by atoms with Gasteiger partial charge in [-0.3, -0.25) is 4.98 Å². The molecule has 15 heavy (non-hydrogen) atoms. The molecule has 0 amide bonds. The maximum Gasteiger partial charge on any atom is 0.237 e. The summed E-state index contributed by atoms with van der Waals surface area (Å²) in [7, 11) is 0. The number of hydrogen-bond donors (Lipinski definition) is 1. The first kappa shape index (κ1) is 9.61. The van der Waals surface area contributed by atoms with Crippen LogP contribution < -0.4 is 10.5 Å². The third kappa shape index (κ3) is 2.51. The van der Waals surface area contributed by atoms with E-state index in [2.05, 4.69) is 9.97 Å². The second kappa shape index (κ2) is 4.52. The van der Waals surface area contributed by atoms with Crippen LogP contribution in [0.1, 0.15) is 5.56 Å². The zero-order valence-corrected chi connectivity index (χ0v) is 8.13. The molecule has 0 aliphatic carbocycles. The van der Waals surface area contributed by atoms with E-state index in [4.69, 9.17) is 10.5 Å². The van der Waals surface area contributed by atoms with Gasteiger partial charge in [-0.1, -0.05) is 12.1 Å². The van der Waals surface area contributed by atoms with E-state index < -0.39 is 0 Å². The topological polar surface area (TPSA) is 61.0 Å². The highest BCUT2D eigenvalue weighted by atomic mass is 16.5. The van der Waals surface area contributed by atoms with Gasteiger partial charge in [0.2, 0.25) is 5.88 Å². The van der Waals surface area contributed by atoms with Crippen LogP contribution in [-0.2, 0) is 6.54 Å². The smallest absolute Gasteiger partial charge is 0.237 e. The standard InChI is InChI=1S/C11H11N3O/c12-7-9-2-1-3-10(6-9)15-11-8-13-4-5-14-11/h1-6,8H,7,12H2. The van der Waals surface area contributed by atoms with Crippen molar-refractivity contribution in [1.29, 1.82) is 0 Å². The highest BCUT2D eigenvalue weighted by molar-refractivity contribution is 5.30. The van der Waals surface area contributed by atoms with E-state index in [-0.39, 0.29) is 0 Å². The lowest BCUT2D eigenvalue weighted by Crippen LogP contribution is -1.96. The molecule has 1 aromatic carbocycles. The lowest BCUT2D eigenvalue weighted by molar-refractivity contribution is 0.459. The number of ether oxygens (including phenoxy) is 1. The number of hydrogen-bond acceptors (Lipinski definition) is 4. The fraction of sp³-hybridized carbons (Fsp3) is 0.0909. The van der Waals surface area contributed by atoms with Gasteiger partial charge in [-0.15, -0.1) is 0 Å². The third-order valence-electron chi connectivity index (χ3n) is 1.90. The molecular formula is C11H11N3O. The second-order valence-corrected chi connectivity index (χ2v) is 3.00. The summed E-state index contributed by atoms with van der Waals surface area (Å²) in [5.74, 6) is 1.20. The first-order chi connectivity index (χ1) is 7.38. The highest BCUT2D eigenvalue weighted by Gasteiger charge is 1.98. The van der Waals surface area contributed by atoms with Crippen molar-refractivity contribution in [3.63, 3.8) is 0 Å². The maximum absolute atomic E-state index is 5.53. The minimum atomic E-state index is 0.478. The first-order valence-corrected chi connectivity index (χ1v) is 4.61. The fourth-order valence-corrected chi connectivity index (χ4v) is 1.19. The van der Waals surface area contributed by atoms with Gasteiger partial charge in [0.1, 0.15) is 5.75 Å². The largest absolute Gasteiger partial charge is 0.437 e. The molecule has 0 saturated heterocycles. The van der Waals surface area contributed by atoms with Crippen LogP contribution in [0.15, 0.2) is 42.9 Å². The van der Waals surface area contributed by atoms with Gasteiger partial charge < -0.3 is 10.5 Å². The molecule has 0 aliphatic heterocycles. The van der Waals surface area contributed by atoms with E-state index in [1.165, 1.54) is 0 Å². The van der Waals surface area contributed by atoms with Crippen LogP contribution >= 0.6 is 0 Å². The van der Waals surface area contributed by atoms with Crippen molar-refractivity contribution in [3.05, 3.63) is 48.4 Å². The Kier molecular flexibility index (Phi) is 2.90. The van der Waals surface area contributed by atoms with Gasteiger partial charge in [0, 0.05) is 18.9 Å². The summed E-state index contributed by atoms with van der Waals surface area (Å²) in [5, 5.41) is 0. The van der Waals surface area contributed by atoms with Crippen LogP contribution in [0.2, 0.25) is 0 Å². The Labute approximate surface area is 87.7 Å². The minimum absolute atomic E-state index is 0.478. The summed E-state index contributed by atoms with van der Waals surface area (Å²) in [5.41, 5.74) is 6.55. The predicted molar refractivity (Wildman–Crippen MR) is 56.4 cm³/mol. The number of benzene rings is 1. The molecule has 0 unspecified atom stereocenters. The van der Waals surface area contributed by atoms with E-state index in [1.54, 1.807) is 18.6 Å². The summed E-state index contributed by atoms with van der Waals surface area (Å²) in [4.78, 5) is 7.92. The Morgan fingerprint density at radius 1 is 1.27 bits per heavy atom. The minimum Gasteiger partial charge on any atom is -0.437 e. The molecule has 2 aromatic rings. The molecule has 0 radical (unpaired) electrons. The Morgan fingerprint density at radius 2 is 2.20 bits per heavy atom. The zero-order chi connectivity index (χ0) is 10.5. The maximum atomic E-state index is 5.53. The van der Waals surface area contributed by atoms with E-state index in [1.807, 2.05) is 24.3 Å². The summed E-state index contributed by atoms with van der Waals surface area (Å²) in [6.07, 6.45) is 4.75. The molecule has 0 spiro atoms. The van der Waals surface area contributed by atoms with Crippen molar-refractivity contribution in [2.45, 2.75) is 6.54 Å². The monoisotopic (exact) mass is 201 g/mol. The Hall–Kier alpha value is -1.94. The molecule has 0 aliphatic rings. The number of nitrogens with zero attached hydrogens (tertiary/aromatic N) is 2. The molecule has 1 heterocycles. The molecule has 0 atom stereocenters. The summed E-state index contributed by atoms with van der Waals surface area (Å²) < 4.78 is 5.49. The summed E-state index contributed by atoms with van der Waals surface area (Å²) in [6, 6.07) is 7.58. The predicted octanol–water partition coefficient (Wildman–Crippen LogP) is 1.73. The van der Waals surface area contributed by atoms with Crippen molar-refractivity contribution in [2.75, 3.05) is 0 Å². The zero-order valence-electron chi connectivity index (χ0n) is 8.13. The van der Waals surface area contributed by atoms with Crippen molar-refractivity contribution < 1.29 is 4.74 Å². The molecule has 0 fully saturated rings. The van der Waals surface area contributed by atoms with Crippen molar-refractivity contribution in [2.24, 2.45) is 5.73 Å². The summed E-state index contributed by atoms with van der Waals surface area (Å²) >= 11 is 0. The van der Waals surface area contributed by atoms with E-state index in [9.17, 15) is 0 Å². The Morgan fingerprint density at radius 3 is 2.93 bits per heavy atom. The molecular weight excluding hydrogens is 190 g/mol. The van der Waals surface area contributed by atoms with E-state index in [0.717, 1.165) is 11.3 Å². The van der Waals surface area contributed by atoms with Crippen LogP contribution in [0.5, 0.6) is 11.6 Å². The number of rotatable bonds is 3. The molecule has 2 N–H and O–H groups in total. The first-order valence-electron chi connectivity index (χ1n) is 4.61. The van der Waals surface area contributed by atoms with Crippen molar-refractivity contribution in [3.8, 4) is 11.6 Å². The highest BCUT2D eigenvalue weighted by Crippen LogP contribution is 2.18. The second-order valence-electron chi connectivity index (χ2n) is 3.00. The normalized spacial score (nSPS) is 9.93. The van der Waals surface area contributed by atoms with Crippen LogP contribution in [0.4, 0.5) is 0 Å². The average Bonchev–Trinajstić information content (AvgIpc) is 2.31. The van der Waals surface area contributed by atoms with Crippen LogP contribution in [0, 0.1) is 0 Å². The van der Waals surface area contributed by atoms with Gasteiger partial charge in [-0.25, -0.2) is 4.98 Å². The molecule has 2 rings (SSSR count). The van der Waals surface area contributed by atoms with Crippen LogP contribution in [0.25, 0.3) is 0 Å². The van der Waals surface area contributed by atoms with Gasteiger partial charge in [-0.2, -0.15) is 0 Å². The van der Waals surface area contributed by atoms with Crippen molar-refractivity contribution in [1.82, 2.24) is 9.97 Å². The van der Waals surface area contributed by atoms with Gasteiger partial charge in [0.15, 0.2) is 0 Å². The lowest BCUT2D eigenvalue weighted by Gasteiger charge is -2.04. The third-order valence-corrected chi connectivity index (χ3v) is 1.90. The number of nitrogens with two attached hydrogens (primary N) is 1. The van der Waals surface area contributed by atoms with Crippen molar-refractivity contribution >= 4 is 0 Å². The summed E-state index contributed by atoms with van der Waals surface area (Å²) in [6.45, 7) is 0.498. The SMILES string of the molecule is NCc1cccc(Oc2cnccn2)c1. The van der Waals surface area contributed by atoms with E-state index >= 15 is 0 Å². The quantitative estimate of drug-likeness (QED) is 0.821. The number of aromatic nitrogens is 2. The van der Waals surface area contributed by atoms with Gasteiger partial charge >= 0.3 is 0 Å². The van der Waals surface area contributed by atoms with Gasteiger partial charge in [0.25, 0.3) is 0 Å². The lowest BCUT2D eigenvalue weighted by atomic mass is 10.2. The van der Waals surface area contributed by atoms with Crippen LogP contribution in [0.3, 0.4) is 0 Å². The Balaban J connectivity index is 2.17. The molecule has 76 valence electrons. The fourth-order valence-electron chi connectivity index (χ4n) is 1.19. The van der Waals surface area contributed by atoms with Gasteiger partial charge in [0.05, 0.1) is 6.20 Å². The average molecular weight is 201 g/mol. The molecule has 4 nitrogen and oxygen atoms in total. The van der Waals surface area contributed by atoms with E-state index in [0.29, 0.717) is 12.4 Å². The van der Waals surface area contributed by atoms with Gasteiger partial charge in [-0.05, 0) is 17.7 Å².